The summed E-state index contributed by atoms with van der Waals surface area (Å²) in [5, 5.41) is 2.72. The second-order valence-corrected chi connectivity index (χ2v) is 6.73. The van der Waals surface area contributed by atoms with Gasteiger partial charge in [0.15, 0.2) is 0 Å². The molecule has 0 aromatic heterocycles. The Morgan fingerprint density at radius 3 is 2.32 bits per heavy atom. The van der Waals surface area contributed by atoms with E-state index in [0.29, 0.717) is 24.6 Å². The van der Waals surface area contributed by atoms with E-state index in [4.69, 9.17) is 9.47 Å². The van der Waals surface area contributed by atoms with Crippen LogP contribution >= 0.6 is 0 Å². The molecule has 2 heterocycles. The van der Waals surface area contributed by atoms with Crippen molar-refractivity contribution in [2.45, 2.75) is 18.4 Å². The molecule has 144 valence electrons. The topological polar surface area (TPSA) is 84.9 Å². The van der Waals surface area contributed by atoms with Crippen LogP contribution in [0.5, 0.6) is 11.5 Å². The Hall–Kier alpha value is -3.35. The lowest BCUT2D eigenvalue weighted by Crippen LogP contribution is -2.58. The van der Waals surface area contributed by atoms with Gasteiger partial charge in [-0.25, -0.2) is 0 Å². The highest BCUT2D eigenvalue weighted by Crippen LogP contribution is 2.44. The minimum atomic E-state index is -0.893. The van der Waals surface area contributed by atoms with Crippen LogP contribution in [0.1, 0.15) is 23.5 Å². The molecule has 0 saturated carbocycles. The smallest absolute Gasteiger partial charge is 0.308 e. The van der Waals surface area contributed by atoms with E-state index in [9.17, 15) is 14.4 Å². The summed E-state index contributed by atoms with van der Waals surface area (Å²) in [5.41, 5.74) is 1.49. The van der Waals surface area contributed by atoms with Crippen molar-refractivity contribution >= 4 is 17.8 Å². The molecule has 1 N–H and O–H groups in total. The average Bonchev–Trinajstić information content (AvgIpc) is 2.72. The molecular formula is C21H20N2O5. The molecule has 4 rings (SSSR count). The number of amides is 2. The highest BCUT2D eigenvalue weighted by atomic mass is 16.5. The largest absolute Gasteiger partial charge is 0.469 e. The maximum Gasteiger partial charge on any atom is 0.308 e. The van der Waals surface area contributed by atoms with E-state index in [1.807, 2.05) is 48.5 Å². The molecular weight excluding hydrogens is 360 g/mol. The Morgan fingerprint density at radius 1 is 1.11 bits per heavy atom. The van der Waals surface area contributed by atoms with Crippen molar-refractivity contribution in [2.24, 2.45) is 0 Å². The third-order valence-corrected chi connectivity index (χ3v) is 5.13. The van der Waals surface area contributed by atoms with E-state index in [0.717, 1.165) is 11.1 Å². The zero-order chi connectivity index (χ0) is 19.7. The van der Waals surface area contributed by atoms with Crippen LogP contribution in [0.4, 0.5) is 0 Å². The third-order valence-electron chi connectivity index (χ3n) is 5.13. The fourth-order valence-electron chi connectivity index (χ4n) is 3.76. The first-order valence-corrected chi connectivity index (χ1v) is 9.11. The predicted molar refractivity (Wildman–Crippen MR) is 99.9 cm³/mol. The van der Waals surface area contributed by atoms with Crippen molar-refractivity contribution in [3.8, 4) is 11.5 Å². The number of carbonyl (C=O) groups is 3. The number of para-hydroxylation sites is 2. The molecule has 1 saturated heterocycles. The normalized spacial score (nSPS) is 18.4. The first kappa shape index (κ1) is 18.0. The Kier molecular flexibility index (Phi) is 4.73. The summed E-state index contributed by atoms with van der Waals surface area (Å²) in [6.45, 7) is 0.669. The van der Waals surface area contributed by atoms with Gasteiger partial charge in [-0.15, -0.1) is 0 Å². The summed E-state index contributed by atoms with van der Waals surface area (Å²) in [4.78, 5) is 39.3. The van der Waals surface area contributed by atoms with Crippen molar-refractivity contribution in [1.82, 2.24) is 10.2 Å². The maximum atomic E-state index is 13.6. The third kappa shape index (κ3) is 3.09. The van der Waals surface area contributed by atoms with Crippen LogP contribution in [-0.2, 0) is 19.1 Å². The average molecular weight is 380 g/mol. The monoisotopic (exact) mass is 380 g/mol. The van der Waals surface area contributed by atoms with Crippen LogP contribution in [-0.4, -0.2) is 48.9 Å². The zero-order valence-corrected chi connectivity index (χ0v) is 15.4. The number of hydrogen-bond donors (Lipinski definition) is 1. The number of rotatable bonds is 3. The van der Waals surface area contributed by atoms with Crippen molar-refractivity contribution in [3.63, 3.8) is 0 Å². The molecule has 1 atom stereocenters. The van der Waals surface area contributed by atoms with Crippen LogP contribution in [0.3, 0.4) is 0 Å². The van der Waals surface area contributed by atoms with Gasteiger partial charge in [0.1, 0.15) is 17.5 Å². The van der Waals surface area contributed by atoms with Crippen molar-refractivity contribution in [3.05, 3.63) is 59.7 Å². The summed E-state index contributed by atoms with van der Waals surface area (Å²) in [6.07, 6.45) is -0.180. The van der Waals surface area contributed by atoms with E-state index in [1.54, 1.807) is 0 Å². The molecule has 2 aromatic rings. The second kappa shape index (κ2) is 7.34. The summed E-state index contributed by atoms with van der Waals surface area (Å²) < 4.78 is 10.7. The van der Waals surface area contributed by atoms with Crippen molar-refractivity contribution in [1.29, 1.82) is 0 Å². The van der Waals surface area contributed by atoms with Crippen LogP contribution in [0.2, 0.25) is 0 Å². The second-order valence-electron chi connectivity index (χ2n) is 6.73. The molecule has 0 aliphatic carbocycles. The van der Waals surface area contributed by atoms with Gasteiger partial charge < -0.3 is 19.7 Å². The molecule has 2 aromatic carbocycles. The van der Waals surface area contributed by atoms with Crippen LogP contribution in [0, 0.1) is 0 Å². The van der Waals surface area contributed by atoms with Gasteiger partial charge in [0.05, 0.1) is 19.4 Å². The lowest BCUT2D eigenvalue weighted by Gasteiger charge is -2.38. The minimum Gasteiger partial charge on any atom is -0.469 e. The number of methoxy groups -OCH3 is 1. The van der Waals surface area contributed by atoms with Gasteiger partial charge >= 0.3 is 5.97 Å². The number of benzene rings is 2. The van der Waals surface area contributed by atoms with E-state index in [2.05, 4.69) is 5.32 Å². The lowest BCUT2D eigenvalue weighted by molar-refractivity contribution is -0.150. The van der Waals surface area contributed by atoms with E-state index >= 15 is 0 Å². The zero-order valence-electron chi connectivity index (χ0n) is 15.4. The van der Waals surface area contributed by atoms with Crippen LogP contribution < -0.4 is 10.1 Å². The number of nitrogens with zero attached hydrogens (tertiary/aromatic N) is 1. The number of ether oxygens (including phenoxy) is 2. The van der Waals surface area contributed by atoms with E-state index in [-0.39, 0.29) is 18.2 Å². The number of nitrogens with one attached hydrogen (secondary N) is 1. The molecule has 7 nitrogen and oxygen atoms in total. The van der Waals surface area contributed by atoms with Gasteiger partial charge in [0.25, 0.3) is 0 Å². The number of esters is 1. The molecule has 0 radical (unpaired) electrons. The fraction of sp³-hybridized carbons (Fsp3) is 0.286. The minimum absolute atomic E-state index is 0.180. The van der Waals surface area contributed by atoms with Gasteiger partial charge in [-0.05, 0) is 12.1 Å². The SMILES string of the molecule is COC(=O)C[C@H]1C(=O)NCCN1C(=O)C1c2ccccc2Oc2ccccc21. The van der Waals surface area contributed by atoms with Crippen LogP contribution in [0.15, 0.2) is 48.5 Å². The van der Waals surface area contributed by atoms with Gasteiger partial charge in [-0.1, -0.05) is 36.4 Å². The van der Waals surface area contributed by atoms with Gasteiger partial charge in [0, 0.05) is 24.2 Å². The molecule has 1 fully saturated rings. The van der Waals surface area contributed by atoms with Crippen molar-refractivity contribution < 1.29 is 23.9 Å². The molecule has 2 aliphatic rings. The van der Waals surface area contributed by atoms with E-state index in [1.165, 1.54) is 12.0 Å². The summed E-state index contributed by atoms with van der Waals surface area (Å²) in [6, 6.07) is 13.9. The summed E-state index contributed by atoms with van der Waals surface area (Å²) >= 11 is 0. The Bertz CT molecular complexity index is 896. The summed E-state index contributed by atoms with van der Waals surface area (Å²) in [7, 11) is 1.26. The van der Waals surface area contributed by atoms with E-state index < -0.39 is 17.9 Å². The molecule has 7 heteroatoms. The van der Waals surface area contributed by atoms with Gasteiger partial charge in [-0.2, -0.15) is 0 Å². The summed E-state index contributed by atoms with van der Waals surface area (Å²) in [5.74, 6) is -0.485. The first-order valence-electron chi connectivity index (χ1n) is 9.11. The van der Waals surface area contributed by atoms with Crippen LogP contribution in [0.25, 0.3) is 0 Å². The number of piperazine rings is 1. The molecule has 0 bridgehead atoms. The molecule has 0 spiro atoms. The quantitative estimate of drug-likeness (QED) is 0.821. The Morgan fingerprint density at radius 2 is 1.71 bits per heavy atom. The number of carbonyl (C=O) groups excluding carboxylic acids is 3. The lowest BCUT2D eigenvalue weighted by atomic mass is 9.86. The number of fused-ring (bicyclic) bond motifs is 2. The standard InChI is InChI=1S/C21H20N2O5/c1-27-18(24)12-15-20(25)22-10-11-23(15)21(26)19-13-6-2-4-8-16(13)28-17-9-5-3-7-14(17)19/h2-9,15,19H,10-12H2,1H3,(H,22,25)/t15-/m0/s1. The predicted octanol–water partition coefficient (Wildman–Crippen LogP) is 1.81. The molecule has 0 unspecified atom stereocenters. The maximum absolute atomic E-state index is 13.6. The van der Waals surface area contributed by atoms with Gasteiger partial charge in [-0.3, -0.25) is 14.4 Å². The van der Waals surface area contributed by atoms with Crippen molar-refractivity contribution in [2.75, 3.05) is 20.2 Å². The molecule has 2 amide bonds. The Labute approximate surface area is 162 Å². The van der Waals surface area contributed by atoms with Gasteiger partial charge in [0.2, 0.25) is 11.8 Å². The highest BCUT2D eigenvalue weighted by Gasteiger charge is 2.41. The Balaban J connectivity index is 1.74. The molecule has 28 heavy (non-hydrogen) atoms. The highest BCUT2D eigenvalue weighted by molar-refractivity contribution is 5.96. The fourth-order valence-corrected chi connectivity index (χ4v) is 3.76. The first-order chi connectivity index (χ1) is 13.6. The molecule has 2 aliphatic heterocycles. The number of hydrogen-bond acceptors (Lipinski definition) is 5.